The van der Waals surface area contributed by atoms with E-state index in [1.165, 1.54) is 24.6 Å². The van der Waals surface area contributed by atoms with Crippen molar-refractivity contribution in [3.8, 4) is 5.75 Å². The molecule has 0 spiro atoms. The Balaban J connectivity index is 1.47. The maximum Gasteiger partial charge on any atom is 0.387 e. The van der Waals surface area contributed by atoms with Gasteiger partial charge in [-0.3, -0.25) is 14.5 Å². The molecule has 6 nitrogen and oxygen atoms in total. The molecule has 8 heteroatoms. The third-order valence-electron chi connectivity index (χ3n) is 5.29. The highest BCUT2D eigenvalue weighted by Crippen LogP contribution is 2.21. The van der Waals surface area contributed by atoms with Gasteiger partial charge >= 0.3 is 6.61 Å². The van der Waals surface area contributed by atoms with Crippen LogP contribution in [0.3, 0.4) is 0 Å². The Morgan fingerprint density at radius 3 is 2.34 bits per heavy atom. The third kappa shape index (κ3) is 6.25. The van der Waals surface area contributed by atoms with Crippen molar-refractivity contribution < 1.29 is 23.1 Å². The van der Waals surface area contributed by atoms with E-state index < -0.39 is 6.61 Å². The number of rotatable bonds is 6. The smallest absolute Gasteiger partial charge is 0.387 e. The third-order valence-corrected chi connectivity index (χ3v) is 5.29. The van der Waals surface area contributed by atoms with E-state index in [9.17, 15) is 18.4 Å². The second-order valence-electron chi connectivity index (χ2n) is 7.29. The molecular weight excluding hydrogens is 380 g/mol. The molecule has 3 rings (SSSR count). The van der Waals surface area contributed by atoms with Crippen LogP contribution in [0.2, 0.25) is 0 Å². The topological polar surface area (TPSA) is 53.1 Å². The molecule has 2 heterocycles. The second kappa shape index (κ2) is 10.3. The summed E-state index contributed by atoms with van der Waals surface area (Å²) in [5.74, 6) is 0.0199. The molecule has 2 saturated heterocycles. The minimum atomic E-state index is -2.92. The van der Waals surface area contributed by atoms with E-state index in [1.807, 2.05) is 4.90 Å². The first-order valence-corrected chi connectivity index (χ1v) is 10.0. The largest absolute Gasteiger partial charge is 0.434 e. The number of hydrogen-bond donors (Lipinski definition) is 0. The van der Waals surface area contributed by atoms with Crippen molar-refractivity contribution in [2.45, 2.75) is 25.9 Å². The number of benzene rings is 1. The molecule has 0 N–H and O–H groups in total. The molecular formula is C21H27F2N3O3. The Morgan fingerprint density at radius 1 is 0.966 bits per heavy atom. The molecule has 0 bridgehead atoms. The molecule has 158 valence electrons. The highest BCUT2D eigenvalue weighted by Gasteiger charge is 2.24. The molecule has 0 aromatic heterocycles. The normalized spacial score (nSPS) is 18.4. The van der Waals surface area contributed by atoms with Gasteiger partial charge in [-0.15, -0.1) is 0 Å². The van der Waals surface area contributed by atoms with Crippen LogP contribution in [0.5, 0.6) is 5.75 Å². The molecule has 1 aromatic carbocycles. The average Bonchev–Trinajstić information content (AvgIpc) is 2.73. The van der Waals surface area contributed by atoms with Crippen molar-refractivity contribution in [1.82, 2.24) is 14.7 Å². The fraction of sp³-hybridized carbons (Fsp3) is 0.524. The summed E-state index contributed by atoms with van der Waals surface area (Å²) in [6.45, 7) is 1.53. The van der Waals surface area contributed by atoms with Gasteiger partial charge in [0.25, 0.3) is 0 Å². The van der Waals surface area contributed by atoms with E-state index in [0.717, 1.165) is 25.9 Å². The standard InChI is InChI=1S/C21H27F2N3O3/c22-21(23)29-18-7-3-2-6-17(18)8-9-19(27)26-14-12-24(13-15-26)16-20(28)25-10-4-1-5-11-25/h2-3,6-9,21H,1,4-5,10-16H2/b9-8+. The monoisotopic (exact) mass is 407 g/mol. The van der Waals surface area contributed by atoms with Crippen molar-refractivity contribution in [2.24, 2.45) is 0 Å². The van der Waals surface area contributed by atoms with Gasteiger partial charge in [-0.1, -0.05) is 18.2 Å². The maximum absolute atomic E-state index is 12.5. The lowest BCUT2D eigenvalue weighted by Gasteiger charge is -2.35. The predicted octanol–water partition coefficient (Wildman–Crippen LogP) is 2.46. The summed E-state index contributed by atoms with van der Waals surface area (Å²) in [5, 5.41) is 0. The summed E-state index contributed by atoms with van der Waals surface area (Å²) in [4.78, 5) is 30.5. The van der Waals surface area contributed by atoms with Crippen molar-refractivity contribution in [1.29, 1.82) is 0 Å². The highest BCUT2D eigenvalue weighted by molar-refractivity contribution is 5.92. The van der Waals surface area contributed by atoms with Gasteiger partial charge in [0.05, 0.1) is 6.54 Å². The Hall–Kier alpha value is -2.48. The van der Waals surface area contributed by atoms with E-state index >= 15 is 0 Å². The number of para-hydroxylation sites is 1. The molecule has 0 atom stereocenters. The predicted molar refractivity (Wildman–Crippen MR) is 106 cm³/mol. The Labute approximate surface area is 169 Å². The number of carbonyl (C=O) groups excluding carboxylic acids is 2. The lowest BCUT2D eigenvalue weighted by Crippen LogP contribution is -2.51. The first kappa shape index (κ1) is 21.2. The van der Waals surface area contributed by atoms with Gasteiger partial charge in [-0.2, -0.15) is 8.78 Å². The molecule has 1 aromatic rings. The van der Waals surface area contributed by atoms with Crippen LogP contribution in [0.25, 0.3) is 6.08 Å². The summed E-state index contributed by atoms with van der Waals surface area (Å²) in [6, 6.07) is 6.35. The fourth-order valence-electron chi connectivity index (χ4n) is 3.65. The first-order chi connectivity index (χ1) is 14.0. The SMILES string of the molecule is O=C(/C=C/c1ccccc1OC(F)F)N1CCN(CC(=O)N2CCCCC2)CC1. The van der Waals surface area contributed by atoms with Crippen LogP contribution in [0.15, 0.2) is 30.3 Å². The summed E-state index contributed by atoms with van der Waals surface area (Å²) >= 11 is 0. The molecule has 0 saturated carbocycles. The van der Waals surface area contributed by atoms with Gasteiger partial charge < -0.3 is 14.5 Å². The number of nitrogens with zero attached hydrogens (tertiary/aromatic N) is 3. The van der Waals surface area contributed by atoms with Gasteiger partial charge in [0, 0.05) is 50.9 Å². The Morgan fingerprint density at radius 2 is 1.66 bits per heavy atom. The van der Waals surface area contributed by atoms with Crippen molar-refractivity contribution in [3.05, 3.63) is 35.9 Å². The summed E-state index contributed by atoms with van der Waals surface area (Å²) < 4.78 is 29.4. The lowest BCUT2D eigenvalue weighted by molar-refractivity contribution is -0.134. The second-order valence-corrected chi connectivity index (χ2v) is 7.29. The van der Waals surface area contributed by atoms with Gasteiger partial charge in [0.15, 0.2) is 0 Å². The average molecular weight is 407 g/mol. The first-order valence-electron chi connectivity index (χ1n) is 10.0. The number of carbonyl (C=O) groups is 2. The van der Waals surface area contributed by atoms with Gasteiger partial charge in [0.1, 0.15) is 5.75 Å². The molecule has 0 unspecified atom stereocenters. The van der Waals surface area contributed by atoms with Crippen LogP contribution < -0.4 is 4.74 Å². The van der Waals surface area contributed by atoms with Crippen LogP contribution in [0, 0.1) is 0 Å². The minimum Gasteiger partial charge on any atom is -0.434 e. The Kier molecular flexibility index (Phi) is 7.57. The maximum atomic E-state index is 12.5. The quantitative estimate of drug-likeness (QED) is 0.680. The molecule has 2 fully saturated rings. The van der Waals surface area contributed by atoms with Crippen molar-refractivity contribution in [3.63, 3.8) is 0 Å². The zero-order valence-corrected chi connectivity index (χ0v) is 16.4. The van der Waals surface area contributed by atoms with E-state index in [0.29, 0.717) is 38.3 Å². The molecule has 2 amide bonds. The molecule has 0 aliphatic carbocycles. The van der Waals surface area contributed by atoms with Crippen molar-refractivity contribution in [2.75, 3.05) is 45.8 Å². The Bertz CT molecular complexity index is 728. The zero-order valence-electron chi connectivity index (χ0n) is 16.4. The minimum absolute atomic E-state index is 0.0348. The van der Waals surface area contributed by atoms with Gasteiger partial charge in [-0.05, 0) is 31.4 Å². The van der Waals surface area contributed by atoms with E-state index in [2.05, 4.69) is 9.64 Å². The van der Waals surface area contributed by atoms with E-state index in [-0.39, 0.29) is 17.6 Å². The van der Waals surface area contributed by atoms with Crippen LogP contribution in [0.4, 0.5) is 8.78 Å². The van der Waals surface area contributed by atoms with Crippen LogP contribution in [0.1, 0.15) is 24.8 Å². The molecule has 29 heavy (non-hydrogen) atoms. The van der Waals surface area contributed by atoms with Crippen LogP contribution in [-0.2, 0) is 9.59 Å². The van der Waals surface area contributed by atoms with E-state index in [1.54, 1.807) is 23.1 Å². The summed E-state index contributed by atoms with van der Waals surface area (Å²) in [6.07, 6.45) is 6.21. The molecule has 2 aliphatic rings. The summed E-state index contributed by atoms with van der Waals surface area (Å²) in [7, 11) is 0. The zero-order chi connectivity index (χ0) is 20.6. The fourth-order valence-corrected chi connectivity index (χ4v) is 3.65. The van der Waals surface area contributed by atoms with Gasteiger partial charge in [-0.25, -0.2) is 0 Å². The van der Waals surface area contributed by atoms with E-state index in [4.69, 9.17) is 0 Å². The van der Waals surface area contributed by atoms with Crippen LogP contribution in [-0.4, -0.2) is 78.9 Å². The molecule has 0 radical (unpaired) electrons. The highest BCUT2D eigenvalue weighted by atomic mass is 19.3. The molecule has 2 aliphatic heterocycles. The number of piperazine rings is 1. The number of alkyl halides is 2. The number of piperidine rings is 1. The van der Waals surface area contributed by atoms with Gasteiger partial charge in [0.2, 0.25) is 11.8 Å². The van der Waals surface area contributed by atoms with Crippen molar-refractivity contribution >= 4 is 17.9 Å². The number of ether oxygens (including phenoxy) is 1. The lowest BCUT2D eigenvalue weighted by atomic mass is 10.1. The number of hydrogen-bond acceptors (Lipinski definition) is 4. The number of likely N-dealkylation sites (tertiary alicyclic amines) is 1. The number of amides is 2. The number of halogens is 2. The van der Waals surface area contributed by atoms with Crippen LogP contribution >= 0.6 is 0 Å². The summed E-state index contributed by atoms with van der Waals surface area (Å²) in [5.41, 5.74) is 0.423.